The van der Waals surface area contributed by atoms with E-state index in [0.717, 1.165) is 18.3 Å². The van der Waals surface area contributed by atoms with Gasteiger partial charge in [0, 0.05) is 12.0 Å². The van der Waals surface area contributed by atoms with Gasteiger partial charge in [-0.1, -0.05) is 51.1 Å². The summed E-state index contributed by atoms with van der Waals surface area (Å²) in [6.45, 7) is 10.3. The molecule has 0 bridgehead atoms. The van der Waals surface area contributed by atoms with Crippen molar-refractivity contribution >= 4 is 5.96 Å². The molecule has 0 aliphatic rings. The predicted octanol–water partition coefficient (Wildman–Crippen LogP) is 3.23. The first kappa shape index (κ1) is 17.1. The highest BCUT2D eigenvalue weighted by atomic mass is 16.4. The zero-order chi connectivity index (χ0) is 16.7. The molecule has 0 saturated heterocycles. The van der Waals surface area contributed by atoms with Crippen molar-refractivity contribution in [1.29, 1.82) is 0 Å². The van der Waals surface area contributed by atoms with Gasteiger partial charge in [-0.15, -0.1) is 0 Å². The molecule has 124 valence electrons. The van der Waals surface area contributed by atoms with Gasteiger partial charge in [0.2, 0.25) is 5.89 Å². The molecule has 0 saturated carbocycles. The molecule has 0 aliphatic carbocycles. The SMILES string of the molecule is CCNC(=NCc1ccccc1)NCc1ncc(C(C)(C)C)o1. The first-order valence-corrected chi connectivity index (χ1v) is 8.00. The molecule has 0 spiro atoms. The number of oxazole rings is 1. The van der Waals surface area contributed by atoms with Crippen LogP contribution in [0, 0.1) is 0 Å². The van der Waals surface area contributed by atoms with Gasteiger partial charge in [0.1, 0.15) is 5.76 Å². The summed E-state index contributed by atoms with van der Waals surface area (Å²) in [6.07, 6.45) is 1.80. The maximum absolute atomic E-state index is 5.78. The monoisotopic (exact) mass is 314 g/mol. The Morgan fingerprint density at radius 2 is 1.91 bits per heavy atom. The van der Waals surface area contributed by atoms with Crippen molar-refractivity contribution in [1.82, 2.24) is 15.6 Å². The first-order chi connectivity index (χ1) is 11.0. The summed E-state index contributed by atoms with van der Waals surface area (Å²) in [4.78, 5) is 8.90. The van der Waals surface area contributed by atoms with E-state index >= 15 is 0 Å². The summed E-state index contributed by atoms with van der Waals surface area (Å²) < 4.78 is 5.78. The molecule has 0 amide bonds. The van der Waals surface area contributed by atoms with Crippen LogP contribution in [-0.2, 0) is 18.5 Å². The number of guanidine groups is 1. The largest absolute Gasteiger partial charge is 0.443 e. The molecule has 23 heavy (non-hydrogen) atoms. The molecule has 2 rings (SSSR count). The van der Waals surface area contributed by atoms with E-state index in [-0.39, 0.29) is 5.41 Å². The van der Waals surface area contributed by atoms with Gasteiger partial charge in [-0.2, -0.15) is 0 Å². The van der Waals surface area contributed by atoms with Crippen LogP contribution in [0.3, 0.4) is 0 Å². The molecule has 0 unspecified atom stereocenters. The second-order valence-electron chi connectivity index (χ2n) is 6.40. The number of aliphatic imine (C=N–C) groups is 1. The van der Waals surface area contributed by atoms with E-state index in [0.29, 0.717) is 19.0 Å². The summed E-state index contributed by atoms with van der Waals surface area (Å²) >= 11 is 0. The Hall–Kier alpha value is -2.30. The van der Waals surface area contributed by atoms with Crippen molar-refractivity contribution in [3.63, 3.8) is 0 Å². The Morgan fingerprint density at radius 3 is 2.52 bits per heavy atom. The summed E-state index contributed by atoms with van der Waals surface area (Å²) in [5.41, 5.74) is 1.15. The molecule has 1 heterocycles. The lowest BCUT2D eigenvalue weighted by molar-refractivity contribution is 0.379. The minimum atomic E-state index is -0.0306. The Morgan fingerprint density at radius 1 is 1.17 bits per heavy atom. The van der Waals surface area contributed by atoms with Gasteiger partial charge in [-0.05, 0) is 12.5 Å². The van der Waals surface area contributed by atoms with Gasteiger partial charge in [-0.3, -0.25) is 0 Å². The third kappa shape index (κ3) is 5.43. The van der Waals surface area contributed by atoms with Gasteiger partial charge in [0.15, 0.2) is 5.96 Å². The zero-order valence-corrected chi connectivity index (χ0v) is 14.4. The number of aromatic nitrogens is 1. The lowest BCUT2D eigenvalue weighted by Crippen LogP contribution is -2.36. The van der Waals surface area contributed by atoms with E-state index in [1.807, 2.05) is 25.1 Å². The van der Waals surface area contributed by atoms with Crippen LogP contribution in [0.1, 0.15) is 44.9 Å². The Balaban J connectivity index is 1.95. The van der Waals surface area contributed by atoms with Crippen LogP contribution in [0.4, 0.5) is 0 Å². The van der Waals surface area contributed by atoms with Crippen LogP contribution >= 0.6 is 0 Å². The smallest absolute Gasteiger partial charge is 0.213 e. The lowest BCUT2D eigenvalue weighted by atomic mass is 9.94. The van der Waals surface area contributed by atoms with E-state index in [4.69, 9.17) is 4.42 Å². The van der Waals surface area contributed by atoms with Crippen LogP contribution in [0.25, 0.3) is 0 Å². The van der Waals surface area contributed by atoms with Crippen LogP contribution < -0.4 is 10.6 Å². The summed E-state index contributed by atoms with van der Waals surface area (Å²) in [7, 11) is 0. The van der Waals surface area contributed by atoms with E-state index < -0.39 is 0 Å². The summed E-state index contributed by atoms with van der Waals surface area (Å²) in [6, 6.07) is 10.2. The van der Waals surface area contributed by atoms with Crippen LogP contribution in [0.2, 0.25) is 0 Å². The van der Waals surface area contributed by atoms with Crippen molar-refractivity contribution in [2.45, 2.75) is 46.2 Å². The van der Waals surface area contributed by atoms with Crippen LogP contribution in [-0.4, -0.2) is 17.5 Å². The van der Waals surface area contributed by atoms with Gasteiger partial charge < -0.3 is 15.1 Å². The molecular weight excluding hydrogens is 288 g/mol. The number of rotatable bonds is 5. The molecule has 0 fully saturated rings. The molecule has 2 N–H and O–H groups in total. The van der Waals surface area contributed by atoms with Crippen molar-refractivity contribution < 1.29 is 4.42 Å². The standard InChI is InChI=1S/C18H26N4O/c1-5-19-17(21-11-14-9-7-6-8-10-14)22-13-16-20-12-15(23-16)18(2,3)4/h6-10,12H,5,11,13H2,1-4H3,(H2,19,21,22). The quantitative estimate of drug-likeness (QED) is 0.657. The minimum Gasteiger partial charge on any atom is -0.443 e. The highest BCUT2D eigenvalue weighted by molar-refractivity contribution is 5.79. The maximum Gasteiger partial charge on any atom is 0.213 e. The Labute approximate surface area is 138 Å². The molecule has 0 radical (unpaired) electrons. The van der Waals surface area contributed by atoms with Crippen LogP contribution in [0.15, 0.2) is 45.9 Å². The van der Waals surface area contributed by atoms with Gasteiger partial charge in [0.25, 0.3) is 0 Å². The Kier molecular flexibility index (Phi) is 5.79. The molecule has 0 atom stereocenters. The fraction of sp³-hybridized carbons (Fsp3) is 0.444. The second-order valence-corrected chi connectivity index (χ2v) is 6.40. The van der Waals surface area contributed by atoms with E-state index in [2.05, 4.69) is 53.5 Å². The highest BCUT2D eigenvalue weighted by Crippen LogP contribution is 2.22. The molecule has 1 aromatic carbocycles. The van der Waals surface area contributed by atoms with Gasteiger partial charge >= 0.3 is 0 Å². The number of nitrogens with zero attached hydrogens (tertiary/aromatic N) is 2. The first-order valence-electron chi connectivity index (χ1n) is 8.00. The molecule has 5 heteroatoms. The Bertz CT molecular complexity index is 626. The van der Waals surface area contributed by atoms with Crippen molar-refractivity contribution in [3.8, 4) is 0 Å². The molecule has 2 aromatic rings. The van der Waals surface area contributed by atoms with Crippen molar-refractivity contribution in [2.75, 3.05) is 6.54 Å². The average Bonchev–Trinajstić information content (AvgIpc) is 3.00. The third-order valence-electron chi connectivity index (χ3n) is 3.31. The number of nitrogens with one attached hydrogen (secondary N) is 2. The lowest BCUT2D eigenvalue weighted by Gasteiger charge is -2.13. The van der Waals surface area contributed by atoms with Gasteiger partial charge in [-0.25, -0.2) is 9.98 Å². The number of benzene rings is 1. The number of hydrogen-bond donors (Lipinski definition) is 2. The average molecular weight is 314 g/mol. The summed E-state index contributed by atoms with van der Waals surface area (Å²) in [5.74, 6) is 2.31. The third-order valence-corrected chi connectivity index (χ3v) is 3.31. The number of hydrogen-bond acceptors (Lipinski definition) is 3. The highest BCUT2D eigenvalue weighted by Gasteiger charge is 2.19. The molecule has 5 nitrogen and oxygen atoms in total. The minimum absolute atomic E-state index is 0.0306. The van der Waals surface area contributed by atoms with E-state index in [1.165, 1.54) is 5.56 Å². The summed E-state index contributed by atoms with van der Waals surface area (Å²) in [5, 5.41) is 6.48. The topological polar surface area (TPSA) is 62.5 Å². The molecular formula is C18H26N4O. The predicted molar refractivity (Wildman–Crippen MR) is 93.3 cm³/mol. The maximum atomic E-state index is 5.78. The van der Waals surface area contributed by atoms with E-state index in [1.54, 1.807) is 6.20 Å². The molecule has 1 aromatic heterocycles. The zero-order valence-electron chi connectivity index (χ0n) is 14.4. The second kappa shape index (κ2) is 7.81. The fourth-order valence-electron chi connectivity index (χ4n) is 1.99. The molecule has 0 aliphatic heterocycles. The van der Waals surface area contributed by atoms with Crippen molar-refractivity contribution in [3.05, 3.63) is 53.7 Å². The van der Waals surface area contributed by atoms with E-state index in [9.17, 15) is 0 Å². The van der Waals surface area contributed by atoms with Gasteiger partial charge in [0.05, 0.1) is 19.3 Å². The van der Waals surface area contributed by atoms with Crippen LogP contribution in [0.5, 0.6) is 0 Å². The van der Waals surface area contributed by atoms with Crippen molar-refractivity contribution in [2.24, 2.45) is 4.99 Å². The fourth-order valence-corrected chi connectivity index (χ4v) is 1.99. The normalized spacial score (nSPS) is 12.3.